The number of hydrogen-bond acceptors (Lipinski definition) is 4. The average Bonchev–Trinajstić information content (AvgIpc) is 2.53. The maximum Gasteiger partial charge on any atom is 0.119 e. The molecule has 1 atom stereocenters. The molecule has 21 heavy (non-hydrogen) atoms. The molecule has 0 aliphatic carbocycles. The molecular weight excluding hydrogens is 264 g/mol. The van der Waals surface area contributed by atoms with Crippen molar-refractivity contribution >= 4 is 0 Å². The molecule has 1 heterocycles. The van der Waals surface area contributed by atoms with Gasteiger partial charge in [0.25, 0.3) is 0 Å². The lowest BCUT2D eigenvalue weighted by Crippen LogP contribution is -2.36. The summed E-state index contributed by atoms with van der Waals surface area (Å²) in [6, 6.07) is 5.96. The van der Waals surface area contributed by atoms with Gasteiger partial charge in [0.05, 0.1) is 13.7 Å². The second-order valence-electron chi connectivity index (χ2n) is 5.45. The van der Waals surface area contributed by atoms with Gasteiger partial charge in [-0.25, -0.2) is 0 Å². The lowest BCUT2D eigenvalue weighted by atomic mass is 9.98. The molecule has 0 spiro atoms. The Labute approximate surface area is 126 Å². The Morgan fingerprint density at radius 1 is 1.48 bits per heavy atom. The van der Waals surface area contributed by atoms with Crippen LogP contribution in [-0.4, -0.2) is 43.4 Å². The Bertz CT molecular complexity index is 519. The molecule has 0 amide bonds. The van der Waals surface area contributed by atoms with Crippen LogP contribution < -0.4 is 10.5 Å². The Morgan fingerprint density at radius 2 is 2.33 bits per heavy atom. The smallest absolute Gasteiger partial charge is 0.119 e. The van der Waals surface area contributed by atoms with E-state index in [1.54, 1.807) is 7.11 Å². The summed E-state index contributed by atoms with van der Waals surface area (Å²) in [4.78, 5) is 2.38. The highest BCUT2D eigenvalue weighted by Crippen LogP contribution is 2.22. The Hall–Kier alpha value is -1.54. The minimum Gasteiger partial charge on any atom is -0.497 e. The molecule has 0 aromatic heterocycles. The first-order valence-electron chi connectivity index (χ1n) is 7.46. The topological polar surface area (TPSA) is 58.7 Å². The van der Waals surface area contributed by atoms with Crippen LogP contribution in [-0.2, 0) is 6.54 Å². The highest BCUT2D eigenvalue weighted by atomic mass is 16.5. The maximum absolute atomic E-state index is 9.34. The van der Waals surface area contributed by atoms with Gasteiger partial charge >= 0.3 is 0 Å². The van der Waals surface area contributed by atoms with E-state index in [0.717, 1.165) is 49.4 Å². The molecule has 114 valence electrons. The number of benzene rings is 1. The highest BCUT2D eigenvalue weighted by Gasteiger charge is 2.20. The van der Waals surface area contributed by atoms with Crippen molar-refractivity contribution < 1.29 is 9.84 Å². The first-order chi connectivity index (χ1) is 10.3. The predicted molar refractivity (Wildman–Crippen MR) is 84.0 cm³/mol. The third kappa shape index (κ3) is 4.47. The minimum atomic E-state index is 0.272. The van der Waals surface area contributed by atoms with Crippen LogP contribution >= 0.6 is 0 Å². The fourth-order valence-corrected chi connectivity index (χ4v) is 2.78. The van der Waals surface area contributed by atoms with Crippen molar-refractivity contribution in [3.8, 4) is 17.6 Å². The van der Waals surface area contributed by atoms with E-state index in [-0.39, 0.29) is 6.61 Å². The van der Waals surface area contributed by atoms with Gasteiger partial charge in [0.2, 0.25) is 0 Å². The monoisotopic (exact) mass is 288 g/mol. The number of methoxy groups -OCH3 is 1. The number of nitrogens with zero attached hydrogens (tertiary/aromatic N) is 1. The molecule has 2 rings (SSSR count). The quantitative estimate of drug-likeness (QED) is 0.818. The van der Waals surface area contributed by atoms with Crippen LogP contribution in [0.2, 0.25) is 0 Å². The number of ether oxygens (including phenoxy) is 1. The number of aliphatic hydroxyl groups is 1. The van der Waals surface area contributed by atoms with Crippen molar-refractivity contribution in [2.75, 3.05) is 33.4 Å². The van der Waals surface area contributed by atoms with Gasteiger partial charge in [-0.05, 0) is 49.1 Å². The van der Waals surface area contributed by atoms with Crippen LogP contribution in [0.5, 0.6) is 5.75 Å². The van der Waals surface area contributed by atoms with E-state index < -0.39 is 0 Å². The highest BCUT2D eigenvalue weighted by molar-refractivity contribution is 5.45. The largest absolute Gasteiger partial charge is 0.497 e. The molecule has 1 saturated heterocycles. The van der Waals surface area contributed by atoms with Crippen LogP contribution in [0.3, 0.4) is 0 Å². The van der Waals surface area contributed by atoms with Gasteiger partial charge in [0, 0.05) is 25.3 Å². The molecule has 4 heteroatoms. The molecule has 1 fully saturated rings. The zero-order valence-electron chi connectivity index (χ0n) is 12.6. The van der Waals surface area contributed by atoms with Gasteiger partial charge in [-0.1, -0.05) is 11.8 Å². The molecule has 1 aromatic carbocycles. The zero-order chi connectivity index (χ0) is 15.1. The standard InChI is InChI=1S/C17H24N2O2/c1-21-17-7-6-15(5-2-8-18)16(10-17)12-19-9-3-4-14(11-19)13-20/h6-7,10,14,20H,3-4,8-9,11-13,18H2,1H3. The summed E-state index contributed by atoms with van der Waals surface area (Å²) in [6.07, 6.45) is 2.25. The van der Waals surface area contributed by atoms with Crippen molar-refractivity contribution in [1.29, 1.82) is 0 Å². The fourth-order valence-electron chi connectivity index (χ4n) is 2.78. The molecule has 0 bridgehead atoms. The average molecular weight is 288 g/mol. The van der Waals surface area contributed by atoms with Gasteiger partial charge in [-0.3, -0.25) is 4.90 Å². The van der Waals surface area contributed by atoms with Gasteiger partial charge < -0.3 is 15.6 Å². The summed E-state index contributed by atoms with van der Waals surface area (Å²) < 4.78 is 5.31. The molecule has 3 N–H and O–H groups in total. The van der Waals surface area contributed by atoms with Crippen molar-refractivity contribution in [2.45, 2.75) is 19.4 Å². The van der Waals surface area contributed by atoms with Crippen molar-refractivity contribution in [2.24, 2.45) is 11.7 Å². The summed E-state index contributed by atoms with van der Waals surface area (Å²) in [6.45, 7) is 3.48. The van der Waals surface area contributed by atoms with Gasteiger partial charge in [-0.2, -0.15) is 0 Å². The van der Waals surface area contributed by atoms with Gasteiger partial charge in [0.1, 0.15) is 5.75 Å². The van der Waals surface area contributed by atoms with Crippen LogP contribution in [0.4, 0.5) is 0 Å². The number of aliphatic hydroxyl groups excluding tert-OH is 1. The molecule has 1 aromatic rings. The molecule has 4 nitrogen and oxygen atoms in total. The fraction of sp³-hybridized carbons (Fsp3) is 0.529. The van der Waals surface area contributed by atoms with E-state index in [1.807, 2.05) is 18.2 Å². The first kappa shape index (κ1) is 15.8. The van der Waals surface area contributed by atoms with E-state index >= 15 is 0 Å². The number of piperidine rings is 1. The van der Waals surface area contributed by atoms with Crippen LogP contribution in [0.1, 0.15) is 24.0 Å². The van der Waals surface area contributed by atoms with Gasteiger partial charge in [-0.15, -0.1) is 0 Å². The summed E-state index contributed by atoms with van der Waals surface area (Å²) in [7, 11) is 1.67. The van der Waals surface area contributed by atoms with Crippen molar-refractivity contribution in [3.05, 3.63) is 29.3 Å². The molecule has 1 aliphatic heterocycles. The summed E-state index contributed by atoms with van der Waals surface area (Å²) in [5.41, 5.74) is 7.63. The van der Waals surface area contributed by atoms with E-state index in [2.05, 4.69) is 16.7 Å². The first-order valence-corrected chi connectivity index (χ1v) is 7.46. The van der Waals surface area contributed by atoms with Crippen molar-refractivity contribution in [1.82, 2.24) is 4.90 Å². The lowest BCUT2D eigenvalue weighted by Gasteiger charge is -2.32. The molecule has 0 saturated carbocycles. The SMILES string of the molecule is COc1ccc(C#CCN)c(CN2CCCC(CO)C2)c1. The minimum absolute atomic E-state index is 0.272. The molecular formula is C17H24N2O2. The second-order valence-corrected chi connectivity index (χ2v) is 5.45. The van der Waals surface area contributed by atoms with E-state index in [9.17, 15) is 5.11 Å². The van der Waals surface area contributed by atoms with Crippen LogP contribution in [0.25, 0.3) is 0 Å². The second kappa shape index (κ2) is 8.04. The summed E-state index contributed by atoms with van der Waals surface area (Å²) in [5, 5.41) is 9.34. The summed E-state index contributed by atoms with van der Waals surface area (Å²) in [5.74, 6) is 7.29. The number of rotatable bonds is 4. The zero-order valence-corrected chi connectivity index (χ0v) is 12.6. The summed E-state index contributed by atoms with van der Waals surface area (Å²) >= 11 is 0. The maximum atomic E-state index is 9.34. The third-order valence-corrected chi connectivity index (χ3v) is 3.89. The number of nitrogens with two attached hydrogens (primary N) is 1. The van der Waals surface area contributed by atoms with Crippen LogP contribution in [0.15, 0.2) is 18.2 Å². The molecule has 0 radical (unpaired) electrons. The third-order valence-electron chi connectivity index (χ3n) is 3.89. The number of hydrogen-bond donors (Lipinski definition) is 2. The lowest BCUT2D eigenvalue weighted by molar-refractivity contribution is 0.116. The van der Waals surface area contributed by atoms with E-state index in [1.165, 1.54) is 0 Å². The normalized spacial score (nSPS) is 18.9. The predicted octanol–water partition coefficient (Wildman–Crippen LogP) is 1.21. The van der Waals surface area contributed by atoms with Crippen molar-refractivity contribution in [3.63, 3.8) is 0 Å². The Kier molecular flexibility index (Phi) is 6.06. The van der Waals surface area contributed by atoms with Crippen LogP contribution in [0, 0.1) is 17.8 Å². The van der Waals surface area contributed by atoms with E-state index in [4.69, 9.17) is 10.5 Å². The van der Waals surface area contributed by atoms with Gasteiger partial charge in [0.15, 0.2) is 0 Å². The Morgan fingerprint density at radius 3 is 3.05 bits per heavy atom. The Balaban J connectivity index is 2.16. The number of likely N-dealkylation sites (tertiary alicyclic amines) is 1. The molecule has 1 aliphatic rings. The van der Waals surface area contributed by atoms with E-state index in [0.29, 0.717) is 12.5 Å². The molecule has 1 unspecified atom stereocenters.